The number of hydrogen-bond acceptors (Lipinski definition) is 3. The number of rotatable bonds is 4. The van der Waals surface area contributed by atoms with Crippen molar-refractivity contribution in [1.29, 1.82) is 0 Å². The molecule has 0 radical (unpaired) electrons. The minimum absolute atomic E-state index is 0.904. The van der Waals surface area contributed by atoms with Gasteiger partial charge in [0, 0.05) is 6.54 Å². The summed E-state index contributed by atoms with van der Waals surface area (Å²) in [7, 11) is 0. The van der Waals surface area contributed by atoms with E-state index in [-0.39, 0.29) is 0 Å². The number of aromatic nitrogens is 4. The van der Waals surface area contributed by atoms with Gasteiger partial charge in [-0.3, -0.25) is 0 Å². The molecule has 0 atom stereocenters. The normalized spacial score (nSPS) is 10.4. The monoisotopic (exact) mass is 154 g/mol. The van der Waals surface area contributed by atoms with Crippen LogP contribution in [0.25, 0.3) is 0 Å². The maximum absolute atomic E-state index is 3.84. The van der Waals surface area contributed by atoms with Crippen LogP contribution in [0.2, 0.25) is 0 Å². The van der Waals surface area contributed by atoms with Gasteiger partial charge >= 0.3 is 0 Å². The minimum atomic E-state index is 0.904. The predicted octanol–water partition coefficient (Wildman–Crippen LogP) is 1.17. The molecule has 0 N–H and O–H groups in total. The van der Waals surface area contributed by atoms with E-state index in [0.717, 1.165) is 12.4 Å². The van der Waals surface area contributed by atoms with Gasteiger partial charge in [-0.05, 0) is 23.8 Å². The lowest BCUT2D eigenvalue weighted by molar-refractivity contribution is 0.527. The fourth-order valence-electron chi connectivity index (χ4n) is 0.967. The number of aryl methyl sites for hydroxylation is 2. The Bertz CT molecular complexity index is 206. The molecule has 11 heavy (non-hydrogen) atoms. The number of hydrogen-bond donors (Lipinski definition) is 0. The molecule has 0 aliphatic heterocycles. The summed E-state index contributed by atoms with van der Waals surface area (Å²) in [6, 6.07) is 0. The van der Waals surface area contributed by atoms with Gasteiger partial charge in [0.1, 0.15) is 5.82 Å². The van der Waals surface area contributed by atoms with Crippen LogP contribution in [0.5, 0.6) is 0 Å². The lowest BCUT2D eigenvalue weighted by atomic mass is 10.2. The lowest BCUT2D eigenvalue weighted by Crippen LogP contribution is -2.02. The molecule has 0 unspecified atom stereocenters. The van der Waals surface area contributed by atoms with Crippen LogP contribution >= 0.6 is 0 Å². The van der Waals surface area contributed by atoms with Crippen molar-refractivity contribution in [2.24, 2.45) is 0 Å². The van der Waals surface area contributed by atoms with Crippen molar-refractivity contribution < 1.29 is 0 Å². The van der Waals surface area contributed by atoms with Gasteiger partial charge in [0.05, 0.1) is 0 Å². The minimum Gasteiger partial charge on any atom is -0.230 e. The third-order valence-electron chi connectivity index (χ3n) is 1.68. The van der Waals surface area contributed by atoms with E-state index in [1.807, 2.05) is 11.6 Å². The first kappa shape index (κ1) is 8.17. The van der Waals surface area contributed by atoms with Gasteiger partial charge in [-0.15, -0.1) is 5.10 Å². The summed E-state index contributed by atoms with van der Waals surface area (Å²) in [6.07, 6.45) is 3.66. The van der Waals surface area contributed by atoms with E-state index in [9.17, 15) is 0 Å². The molecule has 0 aliphatic rings. The standard InChI is InChI=1S/C7H14N4/c1-3-4-5-6-11-7(2)8-9-10-11/h3-6H2,1-2H3. The zero-order chi connectivity index (χ0) is 8.10. The zero-order valence-corrected chi connectivity index (χ0v) is 7.12. The zero-order valence-electron chi connectivity index (χ0n) is 7.12. The molecule has 1 heterocycles. The van der Waals surface area contributed by atoms with Gasteiger partial charge < -0.3 is 0 Å². The summed E-state index contributed by atoms with van der Waals surface area (Å²) >= 11 is 0. The van der Waals surface area contributed by atoms with Crippen molar-refractivity contribution in [3.63, 3.8) is 0 Å². The molecule has 0 amide bonds. The van der Waals surface area contributed by atoms with Crippen LogP contribution in [0, 0.1) is 6.92 Å². The Morgan fingerprint density at radius 3 is 2.73 bits per heavy atom. The van der Waals surface area contributed by atoms with Crippen LogP contribution in [0.1, 0.15) is 32.0 Å². The van der Waals surface area contributed by atoms with Gasteiger partial charge in [-0.2, -0.15) is 0 Å². The van der Waals surface area contributed by atoms with Gasteiger partial charge in [-0.25, -0.2) is 4.68 Å². The fourth-order valence-corrected chi connectivity index (χ4v) is 0.967. The number of tetrazole rings is 1. The van der Waals surface area contributed by atoms with Gasteiger partial charge in [0.15, 0.2) is 0 Å². The second kappa shape index (κ2) is 4.05. The molecule has 0 bridgehead atoms. The first-order valence-corrected chi connectivity index (χ1v) is 4.07. The third-order valence-corrected chi connectivity index (χ3v) is 1.68. The highest BCUT2D eigenvalue weighted by molar-refractivity contribution is 4.72. The first-order valence-electron chi connectivity index (χ1n) is 4.07. The topological polar surface area (TPSA) is 43.6 Å². The smallest absolute Gasteiger partial charge is 0.148 e. The van der Waals surface area contributed by atoms with Crippen molar-refractivity contribution in [2.75, 3.05) is 0 Å². The molecule has 0 saturated heterocycles. The molecule has 0 saturated carbocycles. The average molecular weight is 154 g/mol. The highest BCUT2D eigenvalue weighted by atomic mass is 15.5. The molecule has 1 rings (SSSR count). The summed E-state index contributed by atoms with van der Waals surface area (Å²) < 4.78 is 1.84. The van der Waals surface area contributed by atoms with Crippen molar-refractivity contribution in [1.82, 2.24) is 20.2 Å². The van der Waals surface area contributed by atoms with E-state index in [2.05, 4.69) is 22.4 Å². The van der Waals surface area contributed by atoms with Crippen LogP contribution in [0.15, 0.2) is 0 Å². The number of unbranched alkanes of at least 4 members (excludes halogenated alkanes) is 2. The highest BCUT2D eigenvalue weighted by Crippen LogP contribution is 1.97. The van der Waals surface area contributed by atoms with Crippen molar-refractivity contribution in [3.8, 4) is 0 Å². The molecule has 62 valence electrons. The lowest BCUT2D eigenvalue weighted by Gasteiger charge is -1.98. The van der Waals surface area contributed by atoms with E-state index in [0.29, 0.717) is 0 Å². The Balaban J connectivity index is 2.32. The van der Waals surface area contributed by atoms with Crippen LogP contribution in [-0.4, -0.2) is 20.2 Å². The Kier molecular flexibility index (Phi) is 3.01. The van der Waals surface area contributed by atoms with Crippen LogP contribution < -0.4 is 0 Å². The number of nitrogens with zero attached hydrogens (tertiary/aromatic N) is 4. The van der Waals surface area contributed by atoms with Crippen LogP contribution in [0.4, 0.5) is 0 Å². The van der Waals surface area contributed by atoms with E-state index < -0.39 is 0 Å². The summed E-state index contributed by atoms with van der Waals surface area (Å²) in [5.41, 5.74) is 0. The molecule has 4 nitrogen and oxygen atoms in total. The molecule has 0 fully saturated rings. The Morgan fingerprint density at radius 2 is 2.18 bits per heavy atom. The Labute approximate surface area is 66.6 Å². The molecular weight excluding hydrogens is 140 g/mol. The largest absolute Gasteiger partial charge is 0.230 e. The van der Waals surface area contributed by atoms with Gasteiger partial charge in [-0.1, -0.05) is 19.8 Å². The molecule has 0 aromatic carbocycles. The van der Waals surface area contributed by atoms with Crippen molar-refractivity contribution >= 4 is 0 Å². The molecule has 1 aromatic heterocycles. The third kappa shape index (κ3) is 2.29. The summed E-state index contributed by atoms with van der Waals surface area (Å²) in [5.74, 6) is 0.904. The molecular formula is C7H14N4. The van der Waals surface area contributed by atoms with Crippen molar-refractivity contribution in [2.45, 2.75) is 39.7 Å². The average Bonchev–Trinajstić information content (AvgIpc) is 2.37. The van der Waals surface area contributed by atoms with E-state index in [1.165, 1.54) is 19.3 Å². The van der Waals surface area contributed by atoms with Gasteiger partial charge in [0.25, 0.3) is 0 Å². The predicted molar refractivity (Wildman–Crippen MR) is 42.1 cm³/mol. The van der Waals surface area contributed by atoms with Crippen molar-refractivity contribution in [3.05, 3.63) is 5.82 Å². The second-order valence-corrected chi connectivity index (χ2v) is 2.66. The molecule has 1 aromatic rings. The van der Waals surface area contributed by atoms with E-state index in [4.69, 9.17) is 0 Å². The van der Waals surface area contributed by atoms with E-state index >= 15 is 0 Å². The quantitative estimate of drug-likeness (QED) is 0.611. The van der Waals surface area contributed by atoms with Gasteiger partial charge in [0.2, 0.25) is 0 Å². The maximum Gasteiger partial charge on any atom is 0.148 e. The van der Waals surface area contributed by atoms with Crippen LogP contribution in [-0.2, 0) is 6.54 Å². The molecule has 0 spiro atoms. The molecule has 4 heteroatoms. The van der Waals surface area contributed by atoms with Crippen LogP contribution in [0.3, 0.4) is 0 Å². The molecule has 0 aliphatic carbocycles. The SMILES string of the molecule is CCCCCn1nnnc1C. The Hall–Kier alpha value is -0.930. The second-order valence-electron chi connectivity index (χ2n) is 2.66. The maximum atomic E-state index is 3.84. The fraction of sp³-hybridized carbons (Fsp3) is 0.857. The van der Waals surface area contributed by atoms with E-state index in [1.54, 1.807) is 0 Å². The summed E-state index contributed by atoms with van der Waals surface area (Å²) in [6.45, 7) is 5.06. The highest BCUT2D eigenvalue weighted by Gasteiger charge is 1.97. The summed E-state index contributed by atoms with van der Waals surface area (Å²) in [4.78, 5) is 0. The summed E-state index contributed by atoms with van der Waals surface area (Å²) in [5, 5.41) is 11.2. The Morgan fingerprint density at radius 1 is 1.36 bits per heavy atom. The first-order chi connectivity index (χ1) is 5.34.